The van der Waals surface area contributed by atoms with E-state index < -0.39 is 6.10 Å². The van der Waals surface area contributed by atoms with Crippen molar-refractivity contribution in [1.29, 1.82) is 0 Å². The van der Waals surface area contributed by atoms with Crippen molar-refractivity contribution < 1.29 is 10.2 Å². The normalized spacial score (nSPS) is 17.8. The van der Waals surface area contributed by atoms with Crippen LogP contribution in [0.5, 0.6) is 0 Å². The number of hydrogen-bond donors (Lipinski definition) is 2. The summed E-state index contributed by atoms with van der Waals surface area (Å²) in [5.41, 5.74) is 0.782. The molecule has 2 N–H and O–H groups in total. The van der Waals surface area contributed by atoms with Gasteiger partial charge in [0.25, 0.3) is 0 Å². The van der Waals surface area contributed by atoms with Crippen LogP contribution in [0, 0.1) is 5.41 Å². The average Bonchev–Trinajstić information content (AvgIpc) is 2.42. The second-order valence-corrected chi connectivity index (χ2v) is 6.93. The lowest BCUT2D eigenvalue weighted by Gasteiger charge is -2.43. The van der Waals surface area contributed by atoms with E-state index in [9.17, 15) is 5.11 Å². The zero-order chi connectivity index (χ0) is 15.3. The van der Waals surface area contributed by atoms with E-state index >= 15 is 0 Å². The second-order valence-electron chi connectivity index (χ2n) is 6.93. The predicted octanol–water partition coefficient (Wildman–Crippen LogP) is 2.98. The van der Waals surface area contributed by atoms with Crippen molar-refractivity contribution in [3.05, 3.63) is 35.9 Å². The highest BCUT2D eigenvalue weighted by Gasteiger charge is 2.34. The summed E-state index contributed by atoms with van der Waals surface area (Å²) in [5.74, 6) is 0. The Morgan fingerprint density at radius 3 is 2.43 bits per heavy atom. The molecule has 1 aromatic carbocycles. The number of aliphatic hydroxyl groups excluding tert-OH is 2. The number of rotatable bonds is 8. The Morgan fingerprint density at radius 2 is 1.90 bits per heavy atom. The van der Waals surface area contributed by atoms with Crippen LogP contribution < -0.4 is 0 Å². The fourth-order valence-corrected chi connectivity index (χ4v) is 3.11. The first kappa shape index (κ1) is 16.5. The molecule has 1 unspecified atom stereocenters. The molecule has 3 nitrogen and oxygen atoms in total. The van der Waals surface area contributed by atoms with Crippen LogP contribution >= 0.6 is 0 Å². The Balaban J connectivity index is 2.02. The maximum absolute atomic E-state index is 10.7. The van der Waals surface area contributed by atoms with Crippen molar-refractivity contribution in [3.63, 3.8) is 0 Å². The van der Waals surface area contributed by atoms with Crippen LogP contribution in [0.15, 0.2) is 30.3 Å². The Kier molecular flexibility index (Phi) is 5.80. The van der Waals surface area contributed by atoms with Crippen LogP contribution in [0.4, 0.5) is 0 Å². The zero-order valence-electron chi connectivity index (χ0n) is 13.3. The first-order chi connectivity index (χ1) is 10.0. The average molecular weight is 291 g/mol. The highest BCUT2D eigenvalue weighted by atomic mass is 16.3. The quantitative estimate of drug-likeness (QED) is 0.774. The molecule has 118 valence electrons. The van der Waals surface area contributed by atoms with E-state index in [1.165, 1.54) is 19.3 Å². The van der Waals surface area contributed by atoms with Gasteiger partial charge in [0.1, 0.15) is 0 Å². The summed E-state index contributed by atoms with van der Waals surface area (Å²) in [7, 11) is 0. The van der Waals surface area contributed by atoms with Crippen LogP contribution in [0.1, 0.15) is 51.2 Å². The molecule has 3 heteroatoms. The summed E-state index contributed by atoms with van der Waals surface area (Å²) in [6, 6.07) is 10.6. The molecule has 2 rings (SSSR count). The van der Waals surface area contributed by atoms with Gasteiger partial charge in [0, 0.05) is 31.2 Å². The van der Waals surface area contributed by atoms with Crippen LogP contribution in [0.25, 0.3) is 0 Å². The number of aliphatic hydroxyl groups is 2. The van der Waals surface area contributed by atoms with Crippen molar-refractivity contribution in [1.82, 2.24) is 4.90 Å². The predicted molar refractivity (Wildman–Crippen MR) is 86.1 cm³/mol. The van der Waals surface area contributed by atoms with Gasteiger partial charge in [0.2, 0.25) is 0 Å². The van der Waals surface area contributed by atoms with Gasteiger partial charge in [-0.2, -0.15) is 0 Å². The maximum Gasteiger partial charge on any atom is 0.0853 e. The van der Waals surface area contributed by atoms with E-state index in [0.29, 0.717) is 6.04 Å². The largest absolute Gasteiger partial charge is 0.396 e. The molecule has 0 spiro atoms. The second kappa shape index (κ2) is 7.39. The summed E-state index contributed by atoms with van der Waals surface area (Å²) in [4.78, 5) is 2.46. The van der Waals surface area contributed by atoms with Crippen molar-refractivity contribution in [2.45, 2.75) is 51.7 Å². The van der Waals surface area contributed by atoms with Crippen LogP contribution in [0.3, 0.4) is 0 Å². The number of benzene rings is 1. The molecule has 1 aromatic rings. The third kappa shape index (κ3) is 4.29. The molecule has 0 bridgehead atoms. The lowest BCUT2D eigenvalue weighted by atomic mass is 9.80. The molecule has 0 saturated heterocycles. The van der Waals surface area contributed by atoms with Gasteiger partial charge in [-0.15, -0.1) is 0 Å². The van der Waals surface area contributed by atoms with Gasteiger partial charge < -0.3 is 10.2 Å². The number of hydrogen-bond acceptors (Lipinski definition) is 3. The van der Waals surface area contributed by atoms with E-state index in [1.807, 2.05) is 30.3 Å². The van der Waals surface area contributed by atoms with E-state index in [1.54, 1.807) is 0 Å². The van der Waals surface area contributed by atoms with Gasteiger partial charge in [-0.05, 0) is 24.8 Å². The molecule has 1 atom stereocenters. The SMILES string of the molecule is CC(C)(CN(CCCO)C1CCC1)C(O)c1ccccc1. The summed E-state index contributed by atoms with van der Waals surface area (Å²) < 4.78 is 0. The fraction of sp³-hybridized carbons (Fsp3) is 0.667. The fourth-order valence-electron chi connectivity index (χ4n) is 3.11. The minimum atomic E-state index is -0.463. The third-order valence-electron chi connectivity index (χ3n) is 4.66. The third-order valence-corrected chi connectivity index (χ3v) is 4.66. The standard InChI is InChI=1S/C18H29NO2/c1-18(2,17(21)15-8-4-3-5-9-15)14-19(12-7-13-20)16-10-6-11-16/h3-5,8-9,16-17,20-21H,6-7,10-14H2,1-2H3. The Bertz CT molecular complexity index is 414. The first-order valence-corrected chi connectivity index (χ1v) is 8.12. The van der Waals surface area contributed by atoms with E-state index in [4.69, 9.17) is 5.11 Å². The van der Waals surface area contributed by atoms with Crippen molar-refractivity contribution in [2.24, 2.45) is 5.41 Å². The minimum absolute atomic E-state index is 0.202. The summed E-state index contributed by atoms with van der Waals surface area (Å²) in [6.07, 6.45) is 4.16. The molecule has 21 heavy (non-hydrogen) atoms. The summed E-state index contributed by atoms with van der Waals surface area (Å²) >= 11 is 0. The Morgan fingerprint density at radius 1 is 1.24 bits per heavy atom. The molecule has 1 aliphatic carbocycles. The van der Waals surface area contributed by atoms with Gasteiger partial charge >= 0.3 is 0 Å². The van der Waals surface area contributed by atoms with Gasteiger partial charge in [-0.25, -0.2) is 0 Å². The lowest BCUT2D eigenvalue weighted by molar-refractivity contribution is -0.00438. The molecule has 1 aliphatic rings. The highest BCUT2D eigenvalue weighted by molar-refractivity contribution is 5.19. The smallest absolute Gasteiger partial charge is 0.0853 e. The monoisotopic (exact) mass is 291 g/mol. The van der Waals surface area contributed by atoms with Gasteiger partial charge in [0.15, 0.2) is 0 Å². The Hall–Kier alpha value is -0.900. The van der Waals surface area contributed by atoms with Gasteiger partial charge in [-0.3, -0.25) is 4.90 Å². The van der Waals surface area contributed by atoms with Crippen molar-refractivity contribution in [3.8, 4) is 0 Å². The zero-order valence-corrected chi connectivity index (χ0v) is 13.3. The molecular weight excluding hydrogens is 262 g/mol. The molecule has 0 radical (unpaired) electrons. The van der Waals surface area contributed by atoms with Crippen LogP contribution in [0.2, 0.25) is 0 Å². The maximum atomic E-state index is 10.7. The van der Waals surface area contributed by atoms with E-state index in [2.05, 4.69) is 18.7 Å². The Labute approximate surface area is 128 Å². The molecule has 0 heterocycles. The van der Waals surface area contributed by atoms with E-state index in [0.717, 1.165) is 25.1 Å². The first-order valence-electron chi connectivity index (χ1n) is 8.12. The molecule has 1 saturated carbocycles. The summed E-state index contributed by atoms with van der Waals surface area (Å²) in [5, 5.41) is 19.8. The summed E-state index contributed by atoms with van der Waals surface area (Å²) in [6.45, 7) is 6.30. The highest BCUT2D eigenvalue weighted by Crippen LogP contribution is 2.36. The molecule has 0 aromatic heterocycles. The number of nitrogens with zero attached hydrogens (tertiary/aromatic N) is 1. The van der Waals surface area contributed by atoms with Crippen LogP contribution in [-0.2, 0) is 0 Å². The topological polar surface area (TPSA) is 43.7 Å². The van der Waals surface area contributed by atoms with E-state index in [-0.39, 0.29) is 12.0 Å². The molecule has 0 aliphatic heterocycles. The lowest BCUT2D eigenvalue weighted by Crippen LogP contribution is -2.47. The van der Waals surface area contributed by atoms with Crippen molar-refractivity contribution >= 4 is 0 Å². The molecular formula is C18H29NO2. The van der Waals surface area contributed by atoms with Crippen molar-refractivity contribution in [2.75, 3.05) is 19.7 Å². The molecule has 1 fully saturated rings. The van der Waals surface area contributed by atoms with Gasteiger partial charge in [-0.1, -0.05) is 50.6 Å². The minimum Gasteiger partial charge on any atom is -0.396 e. The van der Waals surface area contributed by atoms with Crippen LogP contribution in [-0.4, -0.2) is 40.9 Å². The van der Waals surface area contributed by atoms with Gasteiger partial charge in [0.05, 0.1) is 6.10 Å². The molecule has 0 amide bonds.